The fourth-order valence-electron chi connectivity index (χ4n) is 3.13. The van der Waals surface area contributed by atoms with E-state index in [0.29, 0.717) is 24.5 Å². The van der Waals surface area contributed by atoms with E-state index in [0.717, 1.165) is 30.5 Å². The normalized spacial score (nSPS) is 16.8. The first-order chi connectivity index (χ1) is 13.2. The largest absolute Gasteiger partial charge is 0.368 e. The summed E-state index contributed by atoms with van der Waals surface area (Å²) in [6, 6.07) is 13.5. The van der Waals surface area contributed by atoms with Crippen molar-refractivity contribution >= 4 is 17.6 Å². The third-order valence-corrected chi connectivity index (χ3v) is 4.80. The predicted molar refractivity (Wildman–Crippen MR) is 104 cm³/mol. The number of ether oxygens (including phenoxy) is 1. The van der Waals surface area contributed by atoms with Gasteiger partial charge in [0.2, 0.25) is 0 Å². The van der Waals surface area contributed by atoms with Gasteiger partial charge in [0.15, 0.2) is 0 Å². The Hall–Kier alpha value is -1.95. The summed E-state index contributed by atoms with van der Waals surface area (Å²) >= 11 is 6.03. The van der Waals surface area contributed by atoms with Crippen LogP contribution in [0.2, 0.25) is 5.02 Å². The van der Waals surface area contributed by atoms with Gasteiger partial charge in [-0.2, -0.15) is 0 Å². The maximum absolute atomic E-state index is 11.7. The minimum atomic E-state index is -0.248. The monoisotopic (exact) mass is 388 g/mol. The summed E-state index contributed by atoms with van der Waals surface area (Å²) in [5, 5.41) is 2.44. The SMILES string of the molecule is CCCC(=O)ON1CCC(OC(c2ccc(Cl)cc2)c2ccccn2)CC1. The number of nitrogens with zero attached hydrogens (tertiary/aromatic N) is 2. The molecule has 6 heteroatoms. The highest BCUT2D eigenvalue weighted by molar-refractivity contribution is 6.30. The average molecular weight is 389 g/mol. The Bertz CT molecular complexity index is 716. The summed E-state index contributed by atoms with van der Waals surface area (Å²) in [6.07, 6.45) is 4.46. The van der Waals surface area contributed by atoms with Gasteiger partial charge in [0.05, 0.1) is 11.8 Å². The zero-order valence-corrected chi connectivity index (χ0v) is 16.3. The van der Waals surface area contributed by atoms with Gasteiger partial charge < -0.3 is 9.57 Å². The summed E-state index contributed by atoms with van der Waals surface area (Å²) in [5.41, 5.74) is 1.89. The minimum absolute atomic E-state index is 0.0776. The van der Waals surface area contributed by atoms with E-state index in [1.165, 1.54) is 0 Å². The topological polar surface area (TPSA) is 51.7 Å². The van der Waals surface area contributed by atoms with Crippen molar-refractivity contribution in [3.8, 4) is 0 Å². The van der Waals surface area contributed by atoms with Crippen molar-refractivity contribution in [3.63, 3.8) is 0 Å². The number of pyridine rings is 1. The smallest absolute Gasteiger partial charge is 0.325 e. The molecular weight excluding hydrogens is 364 g/mol. The molecule has 1 fully saturated rings. The molecule has 1 unspecified atom stereocenters. The lowest BCUT2D eigenvalue weighted by Crippen LogP contribution is -2.39. The van der Waals surface area contributed by atoms with Crippen LogP contribution >= 0.6 is 11.6 Å². The highest BCUT2D eigenvalue weighted by Crippen LogP contribution is 2.29. The second kappa shape index (κ2) is 9.83. The standard InChI is InChI=1S/C21H25ClN2O3/c1-2-5-20(25)27-24-14-11-18(12-15-24)26-21(19-6-3-4-13-23-19)16-7-9-17(22)10-8-16/h3-4,6-10,13,18,21H,2,5,11-12,14-15H2,1H3. The second-order valence-corrected chi connectivity index (χ2v) is 7.10. The first kappa shape index (κ1) is 19.8. The second-order valence-electron chi connectivity index (χ2n) is 6.66. The predicted octanol–water partition coefficient (Wildman–Crippen LogP) is 4.56. The summed E-state index contributed by atoms with van der Waals surface area (Å²) in [6.45, 7) is 3.32. The van der Waals surface area contributed by atoms with Crippen molar-refractivity contribution in [3.05, 3.63) is 64.9 Å². The Morgan fingerprint density at radius 1 is 1.22 bits per heavy atom. The molecule has 1 atom stereocenters. The number of hydrogen-bond acceptors (Lipinski definition) is 5. The summed E-state index contributed by atoms with van der Waals surface area (Å²) in [5.74, 6) is -0.163. The average Bonchev–Trinajstić information content (AvgIpc) is 2.69. The van der Waals surface area contributed by atoms with Gasteiger partial charge >= 0.3 is 5.97 Å². The van der Waals surface area contributed by atoms with Crippen molar-refractivity contribution in [2.24, 2.45) is 0 Å². The van der Waals surface area contributed by atoms with Gasteiger partial charge in [-0.25, -0.2) is 0 Å². The van der Waals surface area contributed by atoms with Crippen LogP contribution in [-0.4, -0.2) is 35.2 Å². The van der Waals surface area contributed by atoms with Crippen LogP contribution in [0.4, 0.5) is 0 Å². The fourth-order valence-corrected chi connectivity index (χ4v) is 3.26. The van der Waals surface area contributed by atoms with E-state index >= 15 is 0 Å². The van der Waals surface area contributed by atoms with Crippen LogP contribution in [-0.2, 0) is 14.4 Å². The molecule has 1 aliphatic heterocycles. The lowest BCUT2D eigenvalue weighted by atomic mass is 10.0. The number of piperidine rings is 1. The first-order valence-electron chi connectivity index (χ1n) is 9.43. The molecule has 0 amide bonds. The van der Waals surface area contributed by atoms with E-state index in [4.69, 9.17) is 21.2 Å². The molecule has 1 aromatic carbocycles. The van der Waals surface area contributed by atoms with Gasteiger partial charge in [-0.3, -0.25) is 9.78 Å². The zero-order valence-electron chi connectivity index (χ0n) is 15.5. The van der Waals surface area contributed by atoms with E-state index in [2.05, 4.69) is 4.98 Å². The number of rotatable bonds is 7. The molecule has 0 aliphatic carbocycles. The Kier molecular flexibility index (Phi) is 7.21. The molecule has 2 aromatic rings. The molecule has 1 aliphatic rings. The molecule has 2 heterocycles. The third kappa shape index (κ3) is 5.76. The molecule has 1 saturated heterocycles. The Morgan fingerprint density at radius 2 is 1.96 bits per heavy atom. The Labute approximate surface area is 165 Å². The van der Waals surface area contributed by atoms with E-state index in [1.54, 1.807) is 11.3 Å². The van der Waals surface area contributed by atoms with E-state index in [1.807, 2.05) is 49.4 Å². The molecule has 0 saturated carbocycles. The molecule has 1 aromatic heterocycles. The van der Waals surface area contributed by atoms with Gasteiger partial charge in [0, 0.05) is 30.7 Å². The number of carbonyl (C=O) groups excluding carboxylic acids is 1. The number of benzene rings is 1. The van der Waals surface area contributed by atoms with E-state index in [9.17, 15) is 4.79 Å². The molecule has 0 spiro atoms. The van der Waals surface area contributed by atoms with Crippen LogP contribution in [0, 0.1) is 0 Å². The van der Waals surface area contributed by atoms with Gasteiger partial charge in [-0.1, -0.05) is 36.7 Å². The van der Waals surface area contributed by atoms with Crippen molar-refractivity contribution in [1.29, 1.82) is 0 Å². The summed E-state index contributed by atoms with van der Waals surface area (Å²) < 4.78 is 6.43. The molecule has 3 rings (SSSR count). The number of halogens is 1. The Morgan fingerprint density at radius 3 is 2.59 bits per heavy atom. The van der Waals surface area contributed by atoms with Crippen LogP contribution in [0.1, 0.15) is 50.0 Å². The van der Waals surface area contributed by atoms with Crippen molar-refractivity contribution in [2.45, 2.75) is 44.8 Å². The van der Waals surface area contributed by atoms with Crippen LogP contribution in [0.15, 0.2) is 48.7 Å². The van der Waals surface area contributed by atoms with Gasteiger partial charge in [0.1, 0.15) is 6.10 Å². The van der Waals surface area contributed by atoms with Crippen molar-refractivity contribution in [1.82, 2.24) is 10.0 Å². The maximum Gasteiger partial charge on any atom is 0.325 e. The highest BCUT2D eigenvalue weighted by Gasteiger charge is 2.26. The molecule has 5 nitrogen and oxygen atoms in total. The van der Waals surface area contributed by atoms with E-state index in [-0.39, 0.29) is 18.2 Å². The van der Waals surface area contributed by atoms with Crippen LogP contribution in [0.5, 0.6) is 0 Å². The van der Waals surface area contributed by atoms with Crippen LogP contribution in [0.3, 0.4) is 0 Å². The quantitative estimate of drug-likeness (QED) is 0.695. The van der Waals surface area contributed by atoms with Gasteiger partial charge in [0.25, 0.3) is 0 Å². The van der Waals surface area contributed by atoms with Crippen molar-refractivity contribution in [2.75, 3.05) is 13.1 Å². The first-order valence-corrected chi connectivity index (χ1v) is 9.81. The number of hydroxylamine groups is 2. The summed E-state index contributed by atoms with van der Waals surface area (Å²) in [4.78, 5) is 21.5. The van der Waals surface area contributed by atoms with Gasteiger partial charge in [-0.15, -0.1) is 5.06 Å². The molecular formula is C21H25ClN2O3. The van der Waals surface area contributed by atoms with Crippen LogP contribution in [0.25, 0.3) is 0 Å². The van der Waals surface area contributed by atoms with Gasteiger partial charge in [-0.05, 0) is 49.1 Å². The lowest BCUT2D eigenvalue weighted by Gasteiger charge is -2.32. The number of hydrogen-bond donors (Lipinski definition) is 0. The molecule has 0 N–H and O–H groups in total. The lowest BCUT2D eigenvalue weighted by molar-refractivity contribution is -0.201. The van der Waals surface area contributed by atoms with E-state index < -0.39 is 0 Å². The number of carbonyl (C=O) groups is 1. The zero-order chi connectivity index (χ0) is 19.1. The highest BCUT2D eigenvalue weighted by atomic mass is 35.5. The fraction of sp³-hybridized carbons (Fsp3) is 0.429. The molecule has 0 radical (unpaired) electrons. The molecule has 144 valence electrons. The van der Waals surface area contributed by atoms with Crippen molar-refractivity contribution < 1.29 is 14.4 Å². The maximum atomic E-state index is 11.7. The summed E-state index contributed by atoms with van der Waals surface area (Å²) in [7, 11) is 0. The number of aromatic nitrogens is 1. The van der Waals surface area contributed by atoms with Crippen LogP contribution < -0.4 is 0 Å². The Balaban J connectivity index is 1.64. The third-order valence-electron chi connectivity index (χ3n) is 4.54. The molecule has 27 heavy (non-hydrogen) atoms. The molecule has 0 bridgehead atoms. The minimum Gasteiger partial charge on any atom is -0.368 e.